The fourth-order valence-corrected chi connectivity index (χ4v) is 1.45. The minimum atomic E-state index is -1.34. The Balaban J connectivity index is 2.27. The molecule has 5 heteroatoms. The van der Waals surface area contributed by atoms with Crippen molar-refractivity contribution in [3.63, 3.8) is 0 Å². The quantitative estimate of drug-likeness (QED) is 0.416. The Morgan fingerprint density at radius 1 is 1.00 bits per heavy atom. The average Bonchev–Trinajstić information content (AvgIpc) is 2.38. The molecule has 5 N–H and O–H groups in total. The molecule has 0 saturated carbocycles. The fraction of sp³-hybridized carbons (Fsp3) is 0.500. The lowest BCUT2D eigenvalue weighted by Crippen LogP contribution is -2.44. The van der Waals surface area contributed by atoms with E-state index >= 15 is 0 Å². The number of hydrogen-bond donors (Lipinski definition) is 5. The summed E-state index contributed by atoms with van der Waals surface area (Å²) in [5, 5.41) is 39.6. The van der Waals surface area contributed by atoms with Crippen LogP contribution in [0.25, 0.3) is 0 Å². The van der Waals surface area contributed by atoms with Crippen molar-refractivity contribution >= 4 is 0 Å². The lowest BCUT2D eigenvalue weighted by molar-refractivity contribution is -0.0750. The molecule has 0 aliphatic rings. The van der Waals surface area contributed by atoms with Gasteiger partial charge in [-0.05, 0) is 5.56 Å². The Morgan fingerprint density at radius 2 is 1.65 bits per heavy atom. The van der Waals surface area contributed by atoms with Gasteiger partial charge in [0, 0.05) is 13.1 Å². The Hall–Kier alpha value is -0.980. The third kappa shape index (κ3) is 4.80. The largest absolute Gasteiger partial charge is 0.394 e. The average molecular weight is 241 g/mol. The van der Waals surface area contributed by atoms with Gasteiger partial charge < -0.3 is 25.7 Å². The summed E-state index contributed by atoms with van der Waals surface area (Å²) in [5.74, 6) is 0. The van der Waals surface area contributed by atoms with Gasteiger partial charge in [0.1, 0.15) is 12.2 Å². The first-order valence-electron chi connectivity index (χ1n) is 5.55. The van der Waals surface area contributed by atoms with E-state index in [4.69, 9.17) is 10.2 Å². The van der Waals surface area contributed by atoms with Gasteiger partial charge in [0.05, 0.1) is 12.7 Å². The molecule has 96 valence electrons. The first kappa shape index (κ1) is 14.1. The van der Waals surface area contributed by atoms with Gasteiger partial charge in [-0.15, -0.1) is 0 Å². The molecule has 5 nitrogen and oxygen atoms in total. The van der Waals surface area contributed by atoms with Crippen LogP contribution < -0.4 is 5.32 Å². The molecule has 0 aliphatic carbocycles. The lowest BCUT2D eigenvalue weighted by atomic mass is 10.1. The highest BCUT2D eigenvalue weighted by Crippen LogP contribution is 2.01. The summed E-state index contributed by atoms with van der Waals surface area (Å²) in [4.78, 5) is 0. The van der Waals surface area contributed by atoms with E-state index in [0.717, 1.165) is 5.56 Å². The van der Waals surface area contributed by atoms with Crippen LogP contribution in [-0.4, -0.2) is 51.9 Å². The van der Waals surface area contributed by atoms with Gasteiger partial charge in [0.2, 0.25) is 0 Å². The van der Waals surface area contributed by atoms with Crippen molar-refractivity contribution in [3.8, 4) is 0 Å². The Labute approximate surface area is 100 Å². The van der Waals surface area contributed by atoms with Gasteiger partial charge in [-0.2, -0.15) is 0 Å². The molecule has 0 aromatic heterocycles. The van der Waals surface area contributed by atoms with E-state index in [1.165, 1.54) is 0 Å². The van der Waals surface area contributed by atoms with Gasteiger partial charge in [0.25, 0.3) is 0 Å². The van der Waals surface area contributed by atoms with Gasteiger partial charge in [-0.1, -0.05) is 30.3 Å². The highest BCUT2D eigenvalue weighted by Gasteiger charge is 2.23. The molecule has 3 atom stereocenters. The predicted molar refractivity (Wildman–Crippen MR) is 63.3 cm³/mol. The van der Waals surface area contributed by atoms with E-state index in [-0.39, 0.29) is 6.54 Å². The van der Waals surface area contributed by atoms with E-state index in [1.807, 2.05) is 30.3 Å². The molecule has 1 aromatic rings. The van der Waals surface area contributed by atoms with Crippen LogP contribution in [0, 0.1) is 0 Å². The molecule has 0 fully saturated rings. The van der Waals surface area contributed by atoms with Gasteiger partial charge in [-0.25, -0.2) is 0 Å². The topological polar surface area (TPSA) is 93.0 Å². The van der Waals surface area contributed by atoms with E-state index < -0.39 is 24.9 Å². The molecule has 0 bridgehead atoms. The highest BCUT2D eigenvalue weighted by molar-refractivity contribution is 5.14. The van der Waals surface area contributed by atoms with Crippen LogP contribution in [0.15, 0.2) is 30.3 Å². The molecule has 0 unspecified atom stereocenters. The van der Waals surface area contributed by atoms with Crippen molar-refractivity contribution < 1.29 is 20.4 Å². The van der Waals surface area contributed by atoms with Gasteiger partial charge >= 0.3 is 0 Å². The number of hydrogen-bond acceptors (Lipinski definition) is 5. The monoisotopic (exact) mass is 241 g/mol. The molecular formula is C12H19NO4. The van der Waals surface area contributed by atoms with Gasteiger partial charge in [-0.3, -0.25) is 0 Å². The molecule has 0 radical (unpaired) electrons. The summed E-state index contributed by atoms with van der Waals surface area (Å²) in [5.41, 5.74) is 1.07. The van der Waals surface area contributed by atoms with Crippen molar-refractivity contribution in [2.24, 2.45) is 0 Å². The van der Waals surface area contributed by atoms with E-state index in [0.29, 0.717) is 6.54 Å². The van der Waals surface area contributed by atoms with Crippen LogP contribution in [-0.2, 0) is 6.54 Å². The zero-order valence-corrected chi connectivity index (χ0v) is 9.53. The Bertz CT molecular complexity index is 307. The zero-order chi connectivity index (χ0) is 12.7. The fourth-order valence-electron chi connectivity index (χ4n) is 1.45. The smallest absolute Gasteiger partial charge is 0.109 e. The van der Waals surface area contributed by atoms with Crippen molar-refractivity contribution in [1.29, 1.82) is 0 Å². The molecule has 1 aromatic carbocycles. The van der Waals surface area contributed by atoms with Gasteiger partial charge in [0.15, 0.2) is 0 Å². The maximum atomic E-state index is 9.51. The molecule has 0 aliphatic heterocycles. The first-order chi connectivity index (χ1) is 8.15. The SMILES string of the molecule is OC[C@@H](O)[C@@H](O)[C@H](O)CNCc1ccccc1. The number of benzene rings is 1. The predicted octanol–water partition coefficient (Wildman–Crippen LogP) is -1.15. The van der Waals surface area contributed by atoms with E-state index in [9.17, 15) is 10.2 Å². The Morgan fingerprint density at radius 3 is 2.24 bits per heavy atom. The zero-order valence-electron chi connectivity index (χ0n) is 9.53. The molecular weight excluding hydrogens is 222 g/mol. The summed E-state index contributed by atoms with van der Waals surface area (Å²) in [6.07, 6.45) is -3.77. The lowest BCUT2D eigenvalue weighted by Gasteiger charge is -2.21. The second-order valence-electron chi connectivity index (χ2n) is 3.92. The van der Waals surface area contributed by atoms with Crippen molar-refractivity contribution in [3.05, 3.63) is 35.9 Å². The molecule has 0 amide bonds. The molecule has 1 rings (SSSR count). The van der Waals surface area contributed by atoms with Crippen LogP contribution in [0.2, 0.25) is 0 Å². The van der Waals surface area contributed by atoms with Crippen LogP contribution >= 0.6 is 0 Å². The van der Waals surface area contributed by atoms with Crippen molar-refractivity contribution in [2.75, 3.05) is 13.2 Å². The van der Waals surface area contributed by atoms with Crippen molar-refractivity contribution in [1.82, 2.24) is 5.32 Å². The number of aliphatic hydroxyl groups is 4. The van der Waals surface area contributed by atoms with E-state index in [2.05, 4.69) is 5.32 Å². The van der Waals surface area contributed by atoms with Crippen molar-refractivity contribution in [2.45, 2.75) is 24.9 Å². The summed E-state index contributed by atoms with van der Waals surface area (Å²) < 4.78 is 0. The second kappa shape index (κ2) is 7.37. The minimum Gasteiger partial charge on any atom is -0.394 e. The molecule has 17 heavy (non-hydrogen) atoms. The molecule has 0 spiro atoms. The first-order valence-corrected chi connectivity index (χ1v) is 5.55. The number of nitrogens with one attached hydrogen (secondary N) is 1. The number of rotatable bonds is 7. The number of aliphatic hydroxyl groups excluding tert-OH is 4. The summed E-state index contributed by atoms with van der Waals surface area (Å²) >= 11 is 0. The van der Waals surface area contributed by atoms with Crippen LogP contribution in [0.1, 0.15) is 5.56 Å². The maximum Gasteiger partial charge on any atom is 0.109 e. The summed E-state index contributed by atoms with van der Waals surface area (Å²) in [6.45, 7) is 0.143. The van der Waals surface area contributed by atoms with E-state index in [1.54, 1.807) is 0 Å². The molecule has 0 heterocycles. The summed E-state index contributed by atoms with van der Waals surface area (Å²) in [7, 11) is 0. The third-order valence-corrected chi connectivity index (χ3v) is 2.50. The normalized spacial score (nSPS) is 16.5. The Kier molecular flexibility index (Phi) is 6.10. The summed E-state index contributed by atoms with van der Waals surface area (Å²) in [6, 6.07) is 9.63. The van der Waals surface area contributed by atoms with Crippen LogP contribution in [0.5, 0.6) is 0 Å². The second-order valence-corrected chi connectivity index (χ2v) is 3.92. The molecule has 0 saturated heterocycles. The third-order valence-electron chi connectivity index (χ3n) is 2.50. The van der Waals surface area contributed by atoms with Crippen LogP contribution in [0.4, 0.5) is 0 Å². The maximum absolute atomic E-state index is 9.51. The highest BCUT2D eigenvalue weighted by atomic mass is 16.4. The van der Waals surface area contributed by atoms with Crippen LogP contribution in [0.3, 0.4) is 0 Å². The minimum absolute atomic E-state index is 0.146. The standard InChI is InChI=1S/C12H19NO4/c14-8-11(16)12(17)10(15)7-13-6-9-4-2-1-3-5-9/h1-5,10-17H,6-8H2/t10-,11-,12+/m1/s1.